The maximum atomic E-state index is 12.6. The van der Waals surface area contributed by atoms with Gasteiger partial charge < -0.3 is 18.9 Å². The highest BCUT2D eigenvalue weighted by Gasteiger charge is 2.26. The molecule has 0 aliphatic heterocycles. The summed E-state index contributed by atoms with van der Waals surface area (Å²) in [6.45, 7) is 4.71. The molecule has 316 valence electrons. The Morgan fingerprint density at radius 2 is 1.07 bits per heavy atom. The third-order valence-electron chi connectivity index (χ3n) is 8.55. The number of esters is 1. The van der Waals surface area contributed by atoms with Crippen LogP contribution in [0.1, 0.15) is 149 Å². The van der Waals surface area contributed by atoms with Crippen LogP contribution < -0.4 is 0 Å². The van der Waals surface area contributed by atoms with E-state index in [9.17, 15) is 14.3 Å². The van der Waals surface area contributed by atoms with E-state index in [1.165, 1.54) is 70.6 Å². The molecule has 0 aromatic heterocycles. The van der Waals surface area contributed by atoms with Gasteiger partial charge in [0.15, 0.2) is 6.10 Å². The zero-order chi connectivity index (χ0) is 40.6. The molecule has 2 unspecified atom stereocenters. The molecule has 0 spiro atoms. The second-order valence-electron chi connectivity index (χ2n) is 15.1. The third-order valence-corrected chi connectivity index (χ3v) is 9.53. The van der Waals surface area contributed by atoms with Crippen molar-refractivity contribution in [2.75, 3.05) is 47.5 Å². The van der Waals surface area contributed by atoms with Gasteiger partial charge in [-0.25, -0.2) is 4.57 Å². The highest BCUT2D eigenvalue weighted by atomic mass is 31.2. The summed E-state index contributed by atoms with van der Waals surface area (Å²) >= 11 is 0. The number of allylic oxidation sites excluding steroid dienone is 13. The van der Waals surface area contributed by atoms with Crippen molar-refractivity contribution in [3.8, 4) is 0 Å². The lowest BCUT2D eigenvalue weighted by atomic mass is 10.0. The molecule has 0 rings (SSSR count). The molecular weight excluding hydrogens is 709 g/mol. The van der Waals surface area contributed by atoms with Crippen molar-refractivity contribution in [1.82, 2.24) is 0 Å². The number of nitrogens with zero attached hydrogens (tertiary/aromatic N) is 1. The van der Waals surface area contributed by atoms with E-state index in [1.807, 2.05) is 39.4 Å². The summed E-state index contributed by atoms with van der Waals surface area (Å²) < 4.78 is 34.6. The van der Waals surface area contributed by atoms with Crippen molar-refractivity contribution in [3.05, 3.63) is 85.3 Å². The van der Waals surface area contributed by atoms with E-state index in [1.54, 1.807) is 6.26 Å². The molecule has 0 saturated carbocycles. The Morgan fingerprint density at radius 3 is 1.56 bits per heavy atom. The fourth-order valence-electron chi connectivity index (χ4n) is 5.25. The van der Waals surface area contributed by atoms with Gasteiger partial charge in [0.1, 0.15) is 19.8 Å². The van der Waals surface area contributed by atoms with Gasteiger partial charge in [-0.1, -0.05) is 157 Å². The standard InChI is InChI=1S/C46H80NO7P/c1-6-8-10-12-14-16-18-20-22-23-24-25-26-27-29-31-33-35-37-39-46(48)54-45(44-53-55(49,50)52-42-40-47(3,4)5)43-51-41-38-36-34-32-30-28-21-19-17-15-13-11-9-7-2/h8,10,14,16,20,22,24-25,27,29,33,35,38,41,45H,6-7,9,11-13,15,17-19,21,23,26,28,30-32,34,36-37,39-40,42-44H2,1-5H3/p+1/b10-8+,16-14+,22-20+,25-24+,29-27+,35-33+,41-38-. The minimum Gasteiger partial charge on any atom is -0.498 e. The van der Waals surface area contributed by atoms with E-state index in [-0.39, 0.29) is 26.2 Å². The number of carbonyl (C=O) groups excluding carboxylic acids is 1. The van der Waals surface area contributed by atoms with Crippen LogP contribution in [0.4, 0.5) is 0 Å². The Balaban J connectivity index is 4.46. The molecule has 0 bridgehead atoms. The van der Waals surface area contributed by atoms with E-state index in [0.717, 1.165) is 51.4 Å². The number of hydrogen-bond donors (Lipinski definition) is 1. The predicted molar refractivity (Wildman–Crippen MR) is 233 cm³/mol. The largest absolute Gasteiger partial charge is 0.498 e. The first-order chi connectivity index (χ1) is 26.6. The van der Waals surface area contributed by atoms with Crippen molar-refractivity contribution in [3.63, 3.8) is 0 Å². The first-order valence-corrected chi connectivity index (χ1v) is 22.9. The van der Waals surface area contributed by atoms with Gasteiger partial charge in [-0.15, -0.1) is 0 Å². The van der Waals surface area contributed by atoms with Crippen molar-refractivity contribution in [2.45, 2.75) is 155 Å². The van der Waals surface area contributed by atoms with E-state index in [0.29, 0.717) is 17.4 Å². The number of ether oxygens (including phenoxy) is 2. The van der Waals surface area contributed by atoms with Crippen LogP contribution in [0.5, 0.6) is 0 Å². The molecule has 1 N–H and O–H groups in total. The Labute approximate surface area is 337 Å². The van der Waals surface area contributed by atoms with E-state index in [4.69, 9.17) is 18.5 Å². The third kappa shape index (κ3) is 42.5. The normalized spacial score (nSPS) is 14.6. The van der Waals surface area contributed by atoms with Crippen LogP contribution in [-0.4, -0.2) is 69.0 Å². The van der Waals surface area contributed by atoms with Crippen molar-refractivity contribution in [1.29, 1.82) is 0 Å². The van der Waals surface area contributed by atoms with Gasteiger partial charge in [-0.2, -0.15) is 0 Å². The van der Waals surface area contributed by atoms with Crippen LogP contribution in [0.3, 0.4) is 0 Å². The summed E-state index contributed by atoms with van der Waals surface area (Å²) in [5.74, 6) is -0.420. The predicted octanol–water partition coefficient (Wildman–Crippen LogP) is 12.8. The molecule has 0 aromatic rings. The summed E-state index contributed by atoms with van der Waals surface area (Å²) in [7, 11) is 1.58. The molecule has 0 heterocycles. The summed E-state index contributed by atoms with van der Waals surface area (Å²) in [5, 5.41) is 0. The Morgan fingerprint density at radius 1 is 0.600 bits per heavy atom. The van der Waals surface area contributed by atoms with Crippen molar-refractivity contribution >= 4 is 13.8 Å². The lowest BCUT2D eigenvalue weighted by Crippen LogP contribution is -2.37. The van der Waals surface area contributed by atoms with Crippen molar-refractivity contribution < 1.29 is 37.3 Å². The average molecular weight is 791 g/mol. The van der Waals surface area contributed by atoms with Crippen LogP contribution in [0, 0.1) is 0 Å². The number of phosphoric ester groups is 1. The number of rotatable bonds is 38. The van der Waals surface area contributed by atoms with Crippen LogP contribution in [-0.2, 0) is 27.9 Å². The summed E-state index contributed by atoms with van der Waals surface area (Å²) in [5.41, 5.74) is 0. The van der Waals surface area contributed by atoms with E-state index >= 15 is 0 Å². The van der Waals surface area contributed by atoms with E-state index < -0.39 is 19.9 Å². The smallest absolute Gasteiger partial charge is 0.472 e. The second kappa shape index (κ2) is 38.4. The van der Waals surface area contributed by atoms with Gasteiger partial charge >= 0.3 is 13.8 Å². The molecule has 0 aliphatic rings. The number of carbonyl (C=O) groups is 1. The topological polar surface area (TPSA) is 91.3 Å². The summed E-state index contributed by atoms with van der Waals surface area (Å²) in [4.78, 5) is 22.8. The molecule has 0 saturated heterocycles. The maximum Gasteiger partial charge on any atom is 0.472 e. The van der Waals surface area contributed by atoms with Gasteiger partial charge in [0.2, 0.25) is 0 Å². The number of hydrogen-bond acceptors (Lipinski definition) is 6. The molecular formula is C46H81NO7P+. The molecule has 2 atom stereocenters. The van der Waals surface area contributed by atoms with Gasteiger partial charge in [0.25, 0.3) is 0 Å². The first kappa shape index (κ1) is 52.5. The Kier molecular flexibility index (Phi) is 36.7. The quantitative estimate of drug-likeness (QED) is 0.0166. The number of unbranched alkanes of at least 4 members (excludes halogenated alkanes) is 12. The number of quaternary nitrogens is 1. The first-order valence-electron chi connectivity index (χ1n) is 21.4. The Bertz CT molecular complexity index is 1150. The molecule has 9 heteroatoms. The molecule has 0 fully saturated rings. The van der Waals surface area contributed by atoms with Gasteiger partial charge in [0, 0.05) is 6.42 Å². The Hall–Kier alpha value is -2.48. The van der Waals surface area contributed by atoms with Crippen molar-refractivity contribution in [2.24, 2.45) is 0 Å². The lowest BCUT2D eigenvalue weighted by Gasteiger charge is -2.24. The zero-order valence-electron chi connectivity index (χ0n) is 35.6. The lowest BCUT2D eigenvalue weighted by molar-refractivity contribution is -0.870. The van der Waals surface area contributed by atoms with Gasteiger partial charge in [-0.3, -0.25) is 13.8 Å². The van der Waals surface area contributed by atoms with Gasteiger partial charge in [0.05, 0.1) is 34.0 Å². The van der Waals surface area contributed by atoms with E-state index in [2.05, 4.69) is 74.6 Å². The highest BCUT2D eigenvalue weighted by Crippen LogP contribution is 2.43. The highest BCUT2D eigenvalue weighted by molar-refractivity contribution is 7.47. The molecule has 0 aliphatic carbocycles. The fraction of sp³-hybridized carbons (Fsp3) is 0.674. The maximum absolute atomic E-state index is 12.6. The zero-order valence-corrected chi connectivity index (χ0v) is 36.5. The molecule has 0 amide bonds. The minimum atomic E-state index is -4.31. The fourth-order valence-corrected chi connectivity index (χ4v) is 5.99. The number of likely N-dealkylation sites (N-methyl/N-ethyl adjacent to an activating group) is 1. The number of phosphoric acid groups is 1. The minimum absolute atomic E-state index is 0.0134. The molecule has 0 radical (unpaired) electrons. The molecule has 55 heavy (non-hydrogen) atoms. The summed E-state index contributed by atoms with van der Waals surface area (Å²) in [6, 6.07) is 0. The van der Waals surface area contributed by atoms with Crippen LogP contribution in [0.15, 0.2) is 85.3 Å². The van der Waals surface area contributed by atoms with Crippen LogP contribution >= 0.6 is 7.82 Å². The van der Waals surface area contributed by atoms with Crippen LogP contribution in [0.2, 0.25) is 0 Å². The monoisotopic (exact) mass is 791 g/mol. The SMILES string of the molecule is CC/C=C/C/C=C/C/C=C/C/C=C/C/C=C/C/C=C/CCC(=O)OC(CO/C=C\CCCCCCCCCCCCCC)COP(=O)(O)OCC[N+](C)(C)C. The summed E-state index contributed by atoms with van der Waals surface area (Å²) in [6.07, 6.45) is 51.5. The van der Waals surface area contributed by atoms with Gasteiger partial charge in [-0.05, 0) is 63.9 Å². The van der Waals surface area contributed by atoms with Crippen LogP contribution in [0.25, 0.3) is 0 Å². The molecule has 8 nitrogen and oxygen atoms in total. The molecule has 0 aromatic carbocycles. The average Bonchev–Trinajstić information content (AvgIpc) is 3.13. The second-order valence-corrected chi connectivity index (χ2v) is 16.5.